The Bertz CT molecular complexity index is 1370. The summed E-state index contributed by atoms with van der Waals surface area (Å²) in [6, 6.07) is 20.8. The molecule has 1 saturated heterocycles. The predicted molar refractivity (Wildman–Crippen MR) is 147 cm³/mol. The predicted octanol–water partition coefficient (Wildman–Crippen LogP) is 5.55. The quantitative estimate of drug-likeness (QED) is 0.283. The van der Waals surface area contributed by atoms with Gasteiger partial charge in [0.25, 0.3) is 0 Å². The number of aliphatic hydroxyl groups excluding tert-OH is 1. The molecule has 0 amide bonds. The number of fused-ring (bicyclic) bond motifs is 1. The number of benzene rings is 3. The Balaban J connectivity index is 1.48. The summed E-state index contributed by atoms with van der Waals surface area (Å²) in [6.07, 6.45) is 0.0810. The molecule has 0 spiro atoms. The van der Waals surface area contributed by atoms with E-state index in [2.05, 4.69) is 5.32 Å². The molecular weight excluding hydrogens is 486 g/mol. The van der Waals surface area contributed by atoms with Crippen LogP contribution in [0.25, 0.3) is 20.5 Å². The lowest BCUT2D eigenvalue weighted by atomic mass is 9.97. The first-order chi connectivity index (χ1) is 18.0. The molecular formula is C30H31NO5S. The van der Waals surface area contributed by atoms with Gasteiger partial charge in [-0.05, 0) is 92.2 Å². The molecule has 3 unspecified atom stereocenters. The minimum absolute atomic E-state index is 0.0548. The van der Waals surface area contributed by atoms with Crippen molar-refractivity contribution in [1.82, 2.24) is 5.32 Å². The van der Waals surface area contributed by atoms with E-state index in [0.29, 0.717) is 16.9 Å². The highest BCUT2D eigenvalue weighted by atomic mass is 32.1. The van der Waals surface area contributed by atoms with E-state index in [1.165, 1.54) is 0 Å². The minimum Gasteiger partial charge on any atom is -0.497 e. The van der Waals surface area contributed by atoms with Gasteiger partial charge in [-0.3, -0.25) is 4.79 Å². The molecule has 6 nitrogen and oxygen atoms in total. The maximum Gasteiger partial charge on any atom is 0.195 e. The second-order valence-corrected chi connectivity index (χ2v) is 10.4. The zero-order chi connectivity index (χ0) is 25.9. The number of ketones is 1. The van der Waals surface area contributed by atoms with E-state index in [9.17, 15) is 9.90 Å². The van der Waals surface area contributed by atoms with Crippen molar-refractivity contribution in [3.63, 3.8) is 0 Å². The topological polar surface area (TPSA) is 77.0 Å². The van der Waals surface area contributed by atoms with Crippen molar-refractivity contribution in [2.45, 2.75) is 25.6 Å². The van der Waals surface area contributed by atoms with Crippen molar-refractivity contribution >= 4 is 27.2 Å². The monoisotopic (exact) mass is 517 g/mol. The molecule has 0 saturated carbocycles. The summed E-state index contributed by atoms with van der Waals surface area (Å²) in [5.74, 6) is 2.35. The number of hydrogen-bond donors (Lipinski definition) is 2. The van der Waals surface area contributed by atoms with Crippen LogP contribution in [0.15, 0.2) is 66.7 Å². The van der Waals surface area contributed by atoms with E-state index < -0.39 is 6.10 Å². The molecule has 1 fully saturated rings. The van der Waals surface area contributed by atoms with Gasteiger partial charge in [0.15, 0.2) is 5.78 Å². The van der Waals surface area contributed by atoms with Gasteiger partial charge < -0.3 is 24.6 Å². The summed E-state index contributed by atoms with van der Waals surface area (Å²) in [5.41, 5.74) is 2.20. The fourth-order valence-electron chi connectivity index (χ4n) is 4.91. The molecule has 37 heavy (non-hydrogen) atoms. The van der Waals surface area contributed by atoms with Gasteiger partial charge in [-0.25, -0.2) is 0 Å². The summed E-state index contributed by atoms with van der Waals surface area (Å²) in [5, 5.41) is 14.5. The van der Waals surface area contributed by atoms with Gasteiger partial charge in [-0.15, -0.1) is 11.3 Å². The standard InChI is InChI=1S/C30H31NO5S/c1-18(32)29(21-14-15-31-17-21)36-23-10-4-19(5-11-23)28(33)27-25-13-12-24(35-3)16-26(25)37-30(27)20-6-8-22(34-2)9-7-20/h4-13,16,18,21,29,31-32H,14-15,17H2,1-3H3. The van der Waals surface area contributed by atoms with Crippen molar-refractivity contribution in [2.75, 3.05) is 27.3 Å². The molecule has 1 aliphatic rings. The SMILES string of the molecule is COc1ccc(-c2sc3cc(OC)ccc3c2C(=O)c2ccc(OC(C(C)O)C3CCNC3)cc2)cc1. The molecule has 3 aromatic carbocycles. The van der Waals surface area contributed by atoms with Crippen molar-refractivity contribution in [3.8, 4) is 27.7 Å². The molecule has 0 radical (unpaired) electrons. The van der Waals surface area contributed by atoms with E-state index in [0.717, 1.165) is 51.5 Å². The maximum atomic E-state index is 13.9. The number of carbonyl (C=O) groups excluding carboxylic acids is 1. The first kappa shape index (κ1) is 25.3. The van der Waals surface area contributed by atoms with Crippen LogP contribution in [0.3, 0.4) is 0 Å². The van der Waals surface area contributed by atoms with Crippen LogP contribution in [-0.2, 0) is 0 Å². The number of aliphatic hydroxyl groups is 1. The molecule has 7 heteroatoms. The van der Waals surface area contributed by atoms with Gasteiger partial charge in [0, 0.05) is 38.6 Å². The van der Waals surface area contributed by atoms with Crippen LogP contribution in [0.2, 0.25) is 0 Å². The highest BCUT2D eigenvalue weighted by molar-refractivity contribution is 7.22. The molecule has 3 atom stereocenters. The first-order valence-electron chi connectivity index (χ1n) is 12.4. The van der Waals surface area contributed by atoms with Crippen molar-refractivity contribution < 1.29 is 24.1 Å². The summed E-state index contributed by atoms with van der Waals surface area (Å²) >= 11 is 1.57. The number of thiophene rings is 1. The van der Waals surface area contributed by atoms with Gasteiger partial charge in [0.1, 0.15) is 23.4 Å². The number of nitrogens with one attached hydrogen (secondary N) is 1. The summed E-state index contributed by atoms with van der Waals surface area (Å²) in [7, 11) is 3.28. The average Bonchev–Trinajstić information content (AvgIpc) is 3.59. The van der Waals surface area contributed by atoms with Crippen LogP contribution in [0.1, 0.15) is 29.3 Å². The molecule has 2 N–H and O–H groups in total. The van der Waals surface area contributed by atoms with E-state index in [4.69, 9.17) is 14.2 Å². The highest BCUT2D eigenvalue weighted by Crippen LogP contribution is 2.41. The fourth-order valence-corrected chi connectivity index (χ4v) is 6.14. The van der Waals surface area contributed by atoms with E-state index in [1.54, 1.807) is 44.6 Å². The Kier molecular flexibility index (Phi) is 7.46. The van der Waals surface area contributed by atoms with E-state index in [-0.39, 0.29) is 17.8 Å². The van der Waals surface area contributed by atoms with Crippen LogP contribution in [0, 0.1) is 5.92 Å². The molecule has 1 aliphatic heterocycles. The zero-order valence-electron chi connectivity index (χ0n) is 21.2. The van der Waals surface area contributed by atoms with Gasteiger partial charge in [-0.1, -0.05) is 0 Å². The van der Waals surface area contributed by atoms with Gasteiger partial charge in [0.2, 0.25) is 0 Å². The number of carbonyl (C=O) groups is 1. The highest BCUT2D eigenvalue weighted by Gasteiger charge is 2.30. The normalized spacial score (nSPS) is 16.9. The molecule has 2 heterocycles. The molecule has 4 aromatic rings. The van der Waals surface area contributed by atoms with E-state index >= 15 is 0 Å². The number of ether oxygens (including phenoxy) is 3. The molecule has 0 bridgehead atoms. The zero-order valence-corrected chi connectivity index (χ0v) is 22.0. The van der Waals surface area contributed by atoms with E-state index in [1.807, 2.05) is 54.6 Å². The van der Waals surface area contributed by atoms with Gasteiger partial charge in [0.05, 0.1) is 20.3 Å². The second-order valence-electron chi connectivity index (χ2n) is 9.33. The van der Waals surface area contributed by atoms with Crippen LogP contribution in [-0.4, -0.2) is 50.4 Å². The third-order valence-electron chi connectivity index (χ3n) is 6.90. The molecule has 192 valence electrons. The number of hydrogen-bond acceptors (Lipinski definition) is 7. The van der Waals surface area contributed by atoms with Crippen molar-refractivity contribution in [3.05, 3.63) is 77.9 Å². The first-order valence-corrected chi connectivity index (χ1v) is 13.3. The minimum atomic E-state index is -0.590. The summed E-state index contributed by atoms with van der Waals surface area (Å²) in [6.45, 7) is 3.52. The Morgan fingerprint density at radius 3 is 2.27 bits per heavy atom. The van der Waals surface area contributed by atoms with Crippen LogP contribution in [0.5, 0.6) is 17.2 Å². The van der Waals surface area contributed by atoms with Crippen molar-refractivity contribution in [2.24, 2.45) is 5.92 Å². The van der Waals surface area contributed by atoms with Crippen molar-refractivity contribution in [1.29, 1.82) is 0 Å². The second kappa shape index (κ2) is 10.9. The Morgan fingerprint density at radius 1 is 0.973 bits per heavy atom. The fraction of sp³-hybridized carbons (Fsp3) is 0.300. The van der Waals surface area contributed by atoms with Gasteiger partial charge >= 0.3 is 0 Å². The Hall–Kier alpha value is -3.39. The lowest BCUT2D eigenvalue weighted by Crippen LogP contribution is -2.38. The summed E-state index contributed by atoms with van der Waals surface area (Å²) < 4.78 is 17.9. The Labute approximate surface area is 220 Å². The largest absolute Gasteiger partial charge is 0.497 e. The van der Waals surface area contributed by atoms with Crippen LogP contribution in [0.4, 0.5) is 0 Å². The number of methoxy groups -OCH3 is 2. The molecule has 1 aromatic heterocycles. The number of rotatable bonds is 9. The lowest BCUT2D eigenvalue weighted by molar-refractivity contribution is 0.0159. The maximum absolute atomic E-state index is 13.9. The van der Waals surface area contributed by atoms with Gasteiger partial charge in [-0.2, -0.15) is 0 Å². The third kappa shape index (κ3) is 5.21. The molecule has 0 aliphatic carbocycles. The van der Waals surface area contributed by atoms with Crippen LogP contribution >= 0.6 is 11.3 Å². The van der Waals surface area contributed by atoms with Crippen LogP contribution < -0.4 is 19.5 Å². The summed E-state index contributed by atoms with van der Waals surface area (Å²) in [4.78, 5) is 14.8. The average molecular weight is 518 g/mol. The Morgan fingerprint density at radius 2 is 1.65 bits per heavy atom. The third-order valence-corrected chi connectivity index (χ3v) is 8.11. The smallest absolute Gasteiger partial charge is 0.195 e. The lowest BCUT2D eigenvalue weighted by Gasteiger charge is -2.26. The molecule has 5 rings (SSSR count).